The summed E-state index contributed by atoms with van der Waals surface area (Å²) in [4.78, 5) is 8.38. The SMILES string of the molecule is CC1CCC(CNc2nc(N)nc3[nH]ncc23)CC1. The van der Waals surface area contributed by atoms with Crippen molar-refractivity contribution >= 4 is 22.8 Å². The van der Waals surface area contributed by atoms with Crippen molar-refractivity contribution in [3.05, 3.63) is 6.20 Å². The van der Waals surface area contributed by atoms with Crippen molar-refractivity contribution in [3.8, 4) is 0 Å². The first kappa shape index (κ1) is 12.2. The number of aromatic nitrogens is 4. The number of rotatable bonds is 3. The third-order valence-electron chi connectivity index (χ3n) is 4.02. The van der Waals surface area contributed by atoms with Gasteiger partial charge in [0.25, 0.3) is 0 Å². The fourth-order valence-electron chi connectivity index (χ4n) is 2.76. The van der Waals surface area contributed by atoms with Crippen LogP contribution in [-0.4, -0.2) is 26.7 Å². The molecule has 1 fully saturated rings. The zero-order valence-electron chi connectivity index (χ0n) is 11.2. The number of nitrogens with two attached hydrogens (primary N) is 1. The molecular weight excluding hydrogens is 240 g/mol. The van der Waals surface area contributed by atoms with Crippen LogP contribution >= 0.6 is 0 Å². The second-order valence-corrected chi connectivity index (χ2v) is 5.57. The molecule has 102 valence electrons. The van der Waals surface area contributed by atoms with Crippen LogP contribution in [0.3, 0.4) is 0 Å². The van der Waals surface area contributed by atoms with Crippen molar-refractivity contribution < 1.29 is 0 Å². The van der Waals surface area contributed by atoms with Gasteiger partial charge in [-0.25, -0.2) is 0 Å². The molecule has 0 bridgehead atoms. The summed E-state index contributed by atoms with van der Waals surface area (Å²) in [5.74, 6) is 2.67. The minimum Gasteiger partial charge on any atom is -0.369 e. The lowest BCUT2D eigenvalue weighted by Crippen LogP contribution is -2.20. The van der Waals surface area contributed by atoms with Crippen LogP contribution in [0.4, 0.5) is 11.8 Å². The molecule has 0 saturated heterocycles. The smallest absolute Gasteiger partial charge is 0.224 e. The Morgan fingerprint density at radius 1 is 1.32 bits per heavy atom. The van der Waals surface area contributed by atoms with Gasteiger partial charge in [0.05, 0.1) is 11.6 Å². The third kappa shape index (κ3) is 2.62. The Morgan fingerprint density at radius 2 is 2.11 bits per heavy atom. The number of aromatic amines is 1. The Bertz CT molecular complexity index is 555. The van der Waals surface area contributed by atoms with Gasteiger partial charge in [-0.2, -0.15) is 15.1 Å². The Balaban J connectivity index is 1.69. The third-order valence-corrected chi connectivity index (χ3v) is 4.02. The summed E-state index contributed by atoms with van der Waals surface area (Å²) in [6.45, 7) is 3.28. The lowest BCUT2D eigenvalue weighted by molar-refractivity contribution is 0.300. The normalized spacial score (nSPS) is 23.6. The molecule has 4 N–H and O–H groups in total. The van der Waals surface area contributed by atoms with Crippen LogP contribution in [0.2, 0.25) is 0 Å². The highest BCUT2D eigenvalue weighted by atomic mass is 15.2. The molecule has 0 spiro atoms. The Hall–Kier alpha value is -1.85. The van der Waals surface area contributed by atoms with Gasteiger partial charge in [-0.1, -0.05) is 19.8 Å². The fraction of sp³-hybridized carbons (Fsp3) is 0.615. The topological polar surface area (TPSA) is 92.5 Å². The molecule has 6 nitrogen and oxygen atoms in total. The Labute approximate surface area is 112 Å². The minimum atomic E-state index is 0.275. The van der Waals surface area contributed by atoms with E-state index >= 15 is 0 Å². The monoisotopic (exact) mass is 260 g/mol. The molecule has 0 amide bonds. The number of anilines is 2. The molecular formula is C13H20N6. The van der Waals surface area contributed by atoms with Gasteiger partial charge < -0.3 is 11.1 Å². The molecule has 0 unspecified atom stereocenters. The zero-order chi connectivity index (χ0) is 13.2. The van der Waals surface area contributed by atoms with E-state index in [9.17, 15) is 0 Å². The summed E-state index contributed by atoms with van der Waals surface area (Å²) in [6.07, 6.45) is 6.99. The first-order valence-electron chi connectivity index (χ1n) is 6.93. The number of nitrogens with one attached hydrogen (secondary N) is 2. The van der Waals surface area contributed by atoms with Gasteiger partial charge in [-0.05, 0) is 24.7 Å². The second-order valence-electron chi connectivity index (χ2n) is 5.57. The van der Waals surface area contributed by atoms with E-state index in [1.165, 1.54) is 25.7 Å². The molecule has 3 rings (SSSR count). The summed E-state index contributed by atoms with van der Waals surface area (Å²) in [6, 6.07) is 0. The Kier molecular flexibility index (Phi) is 3.23. The summed E-state index contributed by atoms with van der Waals surface area (Å²) in [5, 5.41) is 11.1. The number of H-pyrrole nitrogens is 1. The van der Waals surface area contributed by atoms with Crippen LogP contribution in [0, 0.1) is 11.8 Å². The van der Waals surface area contributed by atoms with E-state index < -0.39 is 0 Å². The van der Waals surface area contributed by atoms with Crippen molar-refractivity contribution in [1.82, 2.24) is 20.2 Å². The van der Waals surface area contributed by atoms with E-state index in [-0.39, 0.29) is 5.95 Å². The van der Waals surface area contributed by atoms with E-state index in [2.05, 4.69) is 32.4 Å². The molecule has 0 radical (unpaired) electrons. The first-order valence-corrected chi connectivity index (χ1v) is 6.93. The van der Waals surface area contributed by atoms with Crippen molar-refractivity contribution in [2.24, 2.45) is 11.8 Å². The fourth-order valence-corrected chi connectivity index (χ4v) is 2.76. The highest BCUT2D eigenvalue weighted by molar-refractivity contribution is 5.86. The van der Waals surface area contributed by atoms with E-state index in [0.717, 1.165) is 29.6 Å². The quantitative estimate of drug-likeness (QED) is 0.786. The lowest BCUT2D eigenvalue weighted by atomic mass is 9.83. The molecule has 19 heavy (non-hydrogen) atoms. The molecule has 1 aliphatic carbocycles. The van der Waals surface area contributed by atoms with Crippen LogP contribution in [0.5, 0.6) is 0 Å². The zero-order valence-corrected chi connectivity index (χ0v) is 11.2. The van der Waals surface area contributed by atoms with Gasteiger partial charge >= 0.3 is 0 Å². The standard InChI is InChI=1S/C13H20N6/c1-8-2-4-9(5-3-8)6-15-11-10-7-16-19-12(10)18-13(14)17-11/h7-9H,2-6H2,1H3,(H4,14,15,16,17,18,19). The molecule has 0 aromatic carbocycles. The minimum absolute atomic E-state index is 0.275. The maximum absolute atomic E-state index is 5.70. The van der Waals surface area contributed by atoms with E-state index in [4.69, 9.17) is 5.73 Å². The summed E-state index contributed by atoms with van der Waals surface area (Å²) in [7, 11) is 0. The van der Waals surface area contributed by atoms with Gasteiger partial charge in [0.1, 0.15) is 5.82 Å². The largest absolute Gasteiger partial charge is 0.369 e. The first-order chi connectivity index (χ1) is 9.22. The molecule has 0 aliphatic heterocycles. The summed E-state index contributed by atoms with van der Waals surface area (Å²) < 4.78 is 0. The van der Waals surface area contributed by atoms with Crippen LogP contribution in [0.25, 0.3) is 11.0 Å². The Morgan fingerprint density at radius 3 is 2.89 bits per heavy atom. The van der Waals surface area contributed by atoms with Gasteiger partial charge in [-0.15, -0.1) is 0 Å². The highest BCUT2D eigenvalue weighted by Crippen LogP contribution is 2.29. The molecule has 1 saturated carbocycles. The lowest BCUT2D eigenvalue weighted by Gasteiger charge is -2.26. The van der Waals surface area contributed by atoms with Crippen LogP contribution < -0.4 is 11.1 Å². The number of nitrogens with zero attached hydrogens (tertiary/aromatic N) is 3. The molecule has 2 aromatic heterocycles. The number of hydrogen-bond donors (Lipinski definition) is 3. The number of nitrogen functional groups attached to an aromatic ring is 1. The second kappa shape index (κ2) is 5.03. The van der Waals surface area contributed by atoms with Crippen molar-refractivity contribution in [2.75, 3.05) is 17.6 Å². The summed E-state index contributed by atoms with van der Waals surface area (Å²) in [5.41, 5.74) is 6.39. The van der Waals surface area contributed by atoms with Crippen molar-refractivity contribution in [1.29, 1.82) is 0 Å². The molecule has 1 aliphatic rings. The maximum Gasteiger partial charge on any atom is 0.224 e. The van der Waals surface area contributed by atoms with Crippen LogP contribution in [-0.2, 0) is 0 Å². The van der Waals surface area contributed by atoms with Crippen molar-refractivity contribution in [2.45, 2.75) is 32.6 Å². The van der Waals surface area contributed by atoms with Crippen molar-refractivity contribution in [3.63, 3.8) is 0 Å². The molecule has 6 heteroatoms. The van der Waals surface area contributed by atoms with Gasteiger partial charge in [0, 0.05) is 6.54 Å². The van der Waals surface area contributed by atoms with Gasteiger partial charge in [-0.3, -0.25) is 5.10 Å². The van der Waals surface area contributed by atoms with E-state index in [1.807, 2.05) is 0 Å². The molecule has 2 heterocycles. The van der Waals surface area contributed by atoms with E-state index in [0.29, 0.717) is 5.65 Å². The summed E-state index contributed by atoms with van der Waals surface area (Å²) >= 11 is 0. The average molecular weight is 260 g/mol. The number of fused-ring (bicyclic) bond motifs is 1. The predicted molar refractivity (Wildman–Crippen MR) is 75.7 cm³/mol. The average Bonchev–Trinajstić information content (AvgIpc) is 2.85. The number of hydrogen-bond acceptors (Lipinski definition) is 5. The molecule has 2 aromatic rings. The van der Waals surface area contributed by atoms with Gasteiger partial charge in [0.2, 0.25) is 5.95 Å². The van der Waals surface area contributed by atoms with Gasteiger partial charge in [0.15, 0.2) is 5.65 Å². The molecule has 0 atom stereocenters. The highest BCUT2D eigenvalue weighted by Gasteiger charge is 2.18. The predicted octanol–water partition coefficient (Wildman–Crippen LogP) is 2.17. The van der Waals surface area contributed by atoms with E-state index in [1.54, 1.807) is 6.20 Å². The maximum atomic E-state index is 5.70. The van der Waals surface area contributed by atoms with Crippen LogP contribution in [0.1, 0.15) is 32.6 Å². The van der Waals surface area contributed by atoms with Crippen LogP contribution in [0.15, 0.2) is 6.20 Å².